The zero-order valence-corrected chi connectivity index (χ0v) is 15.9. The number of likely N-dealkylation sites (tertiary alicyclic amines) is 2. The van der Waals surface area contributed by atoms with E-state index in [1.165, 1.54) is 0 Å². The first-order valence-electron chi connectivity index (χ1n) is 9.69. The van der Waals surface area contributed by atoms with Crippen LogP contribution in [0.15, 0.2) is 42.6 Å². The molecule has 1 aromatic heterocycles. The van der Waals surface area contributed by atoms with Crippen LogP contribution in [-0.2, 0) is 11.8 Å². The summed E-state index contributed by atoms with van der Waals surface area (Å²) in [7, 11) is 1.81. The number of piperidine rings is 1. The maximum absolute atomic E-state index is 13.2. The van der Waals surface area contributed by atoms with Crippen LogP contribution in [0.1, 0.15) is 41.7 Å². The summed E-state index contributed by atoms with van der Waals surface area (Å²) in [6.45, 7) is 4.08. The zero-order chi connectivity index (χ0) is 19.0. The first-order chi connectivity index (χ1) is 13.0. The number of carbonyl (C=O) groups excluding carboxylic acids is 2. The molecule has 0 spiro atoms. The Morgan fingerprint density at radius 1 is 1.15 bits per heavy atom. The van der Waals surface area contributed by atoms with Crippen molar-refractivity contribution in [2.75, 3.05) is 19.6 Å². The molecule has 2 aliphatic heterocycles. The topological polar surface area (TPSA) is 58.4 Å². The number of aryl methyl sites for hydroxylation is 1. The Balaban J connectivity index is 1.49. The molecule has 4 rings (SSSR count). The Bertz CT molecular complexity index is 832. The van der Waals surface area contributed by atoms with Crippen LogP contribution in [-0.4, -0.2) is 57.1 Å². The van der Waals surface area contributed by atoms with Gasteiger partial charge in [0.1, 0.15) is 5.69 Å². The summed E-state index contributed by atoms with van der Waals surface area (Å²) in [5.41, 5.74) is 1.52. The van der Waals surface area contributed by atoms with Crippen LogP contribution >= 0.6 is 0 Å². The molecular weight excluding hydrogens is 340 g/mol. The van der Waals surface area contributed by atoms with E-state index >= 15 is 0 Å². The van der Waals surface area contributed by atoms with E-state index in [4.69, 9.17) is 0 Å². The van der Waals surface area contributed by atoms with Gasteiger partial charge in [-0.2, -0.15) is 5.10 Å². The lowest BCUT2D eigenvalue weighted by atomic mass is 9.90. The van der Waals surface area contributed by atoms with Crippen LogP contribution in [0.3, 0.4) is 0 Å². The highest BCUT2D eigenvalue weighted by atomic mass is 16.2. The third-order valence-electron chi connectivity index (χ3n) is 5.95. The van der Waals surface area contributed by atoms with Gasteiger partial charge in [0.25, 0.3) is 5.91 Å². The number of hydrogen-bond acceptors (Lipinski definition) is 3. The zero-order valence-electron chi connectivity index (χ0n) is 15.9. The van der Waals surface area contributed by atoms with Gasteiger partial charge in [-0.3, -0.25) is 14.3 Å². The number of carbonyl (C=O) groups is 2. The molecule has 142 valence electrons. The summed E-state index contributed by atoms with van der Waals surface area (Å²) >= 11 is 0. The Morgan fingerprint density at radius 3 is 2.63 bits per heavy atom. The summed E-state index contributed by atoms with van der Waals surface area (Å²) < 4.78 is 1.65. The lowest BCUT2D eigenvalue weighted by molar-refractivity contribution is -0.136. The van der Waals surface area contributed by atoms with E-state index in [0.29, 0.717) is 24.7 Å². The van der Waals surface area contributed by atoms with Crippen LogP contribution in [0.25, 0.3) is 0 Å². The molecule has 3 atom stereocenters. The van der Waals surface area contributed by atoms with E-state index in [9.17, 15) is 9.59 Å². The number of hydrogen-bond donors (Lipinski definition) is 0. The SMILES string of the molecule is C[C@H](C(=O)N1CCC[C@H]2CN(C(=O)c3ccn(C)n3)C[C@H]21)c1ccccc1. The number of benzene rings is 1. The maximum Gasteiger partial charge on any atom is 0.274 e. The first-order valence-corrected chi connectivity index (χ1v) is 9.69. The van der Waals surface area contributed by atoms with Gasteiger partial charge in [-0.25, -0.2) is 0 Å². The second kappa shape index (κ2) is 7.18. The highest BCUT2D eigenvalue weighted by molar-refractivity contribution is 5.92. The van der Waals surface area contributed by atoms with Crippen molar-refractivity contribution in [3.8, 4) is 0 Å². The second-order valence-corrected chi connectivity index (χ2v) is 7.72. The van der Waals surface area contributed by atoms with Crippen LogP contribution in [0.2, 0.25) is 0 Å². The molecule has 0 aliphatic carbocycles. The maximum atomic E-state index is 13.2. The summed E-state index contributed by atoms with van der Waals surface area (Å²) in [4.78, 5) is 29.9. The van der Waals surface area contributed by atoms with E-state index in [1.807, 2.05) is 54.1 Å². The smallest absolute Gasteiger partial charge is 0.274 e. The average molecular weight is 366 g/mol. The largest absolute Gasteiger partial charge is 0.337 e. The van der Waals surface area contributed by atoms with Gasteiger partial charge in [0.15, 0.2) is 0 Å². The normalized spacial score (nSPS) is 23.2. The van der Waals surface area contributed by atoms with E-state index in [1.54, 1.807) is 16.9 Å². The number of rotatable bonds is 3. The number of amides is 2. The quantitative estimate of drug-likeness (QED) is 0.837. The van der Waals surface area contributed by atoms with E-state index < -0.39 is 0 Å². The molecule has 3 heterocycles. The third kappa shape index (κ3) is 3.36. The molecule has 0 unspecified atom stereocenters. The van der Waals surface area contributed by atoms with E-state index in [0.717, 1.165) is 24.9 Å². The highest BCUT2D eigenvalue weighted by Crippen LogP contribution is 2.33. The summed E-state index contributed by atoms with van der Waals surface area (Å²) in [6, 6.07) is 11.8. The van der Waals surface area contributed by atoms with Crippen LogP contribution < -0.4 is 0 Å². The van der Waals surface area contributed by atoms with Crippen molar-refractivity contribution in [3.63, 3.8) is 0 Å². The molecule has 2 saturated heterocycles. The lowest BCUT2D eigenvalue weighted by Gasteiger charge is -2.38. The van der Waals surface area contributed by atoms with Crippen LogP contribution in [0, 0.1) is 5.92 Å². The molecule has 2 aromatic rings. The lowest BCUT2D eigenvalue weighted by Crippen LogP contribution is -2.49. The predicted molar refractivity (Wildman–Crippen MR) is 102 cm³/mol. The summed E-state index contributed by atoms with van der Waals surface area (Å²) in [6.07, 6.45) is 3.86. The van der Waals surface area contributed by atoms with E-state index in [-0.39, 0.29) is 23.8 Å². The van der Waals surface area contributed by atoms with Gasteiger partial charge in [-0.1, -0.05) is 30.3 Å². The molecule has 6 nitrogen and oxygen atoms in total. The number of nitrogens with zero attached hydrogens (tertiary/aromatic N) is 4. The second-order valence-electron chi connectivity index (χ2n) is 7.72. The van der Waals surface area contributed by atoms with Crippen molar-refractivity contribution >= 4 is 11.8 Å². The highest BCUT2D eigenvalue weighted by Gasteiger charge is 2.43. The number of fused-ring (bicyclic) bond motifs is 1. The van der Waals surface area contributed by atoms with Gasteiger partial charge < -0.3 is 9.80 Å². The molecular formula is C21H26N4O2. The van der Waals surface area contributed by atoms with Gasteiger partial charge in [-0.05, 0) is 37.3 Å². The van der Waals surface area contributed by atoms with Gasteiger partial charge in [0, 0.05) is 32.9 Å². The summed E-state index contributed by atoms with van der Waals surface area (Å²) in [5.74, 6) is 0.334. The molecule has 27 heavy (non-hydrogen) atoms. The molecule has 0 N–H and O–H groups in total. The predicted octanol–water partition coefficient (Wildman–Crippen LogP) is 2.29. The Morgan fingerprint density at radius 2 is 1.93 bits per heavy atom. The minimum Gasteiger partial charge on any atom is -0.337 e. The van der Waals surface area contributed by atoms with Crippen molar-refractivity contribution in [1.82, 2.24) is 19.6 Å². The molecule has 0 radical (unpaired) electrons. The molecule has 2 amide bonds. The Hall–Kier alpha value is -2.63. The molecule has 2 fully saturated rings. The van der Waals surface area contributed by atoms with E-state index in [2.05, 4.69) is 5.10 Å². The van der Waals surface area contributed by atoms with Crippen molar-refractivity contribution in [2.24, 2.45) is 13.0 Å². The Labute approximate surface area is 159 Å². The van der Waals surface area contributed by atoms with Gasteiger partial charge in [0.2, 0.25) is 5.91 Å². The molecule has 0 bridgehead atoms. The first kappa shape index (κ1) is 17.8. The van der Waals surface area contributed by atoms with Crippen molar-refractivity contribution in [3.05, 3.63) is 53.9 Å². The van der Waals surface area contributed by atoms with Crippen molar-refractivity contribution in [2.45, 2.75) is 31.7 Å². The fraction of sp³-hybridized carbons (Fsp3) is 0.476. The van der Waals surface area contributed by atoms with Gasteiger partial charge >= 0.3 is 0 Å². The molecule has 2 aliphatic rings. The fourth-order valence-electron chi connectivity index (χ4n) is 4.44. The Kier molecular flexibility index (Phi) is 4.72. The van der Waals surface area contributed by atoms with Crippen LogP contribution in [0.5, 0.6) is 0 Å². The van der Waals surface area contributed by atoms with Gasteiger partial charge in [-0.15, -0.1) is 0 Å². The third-order valence-corrected chi connectivity index (χ3v) is 5.95. The minimum absolute atomic E-state index is 0.0338. The minimum atomic E-state index is -0.162. The van der Waals surface area contributed by atoms with Gasteiger partial charge in [0.05, 0.1) is 12.0 Å². The monoisotopic (exact) mass is 366 g/mol. The molecule has 1 aromatic carbocycles. The fourth-order valence-corrected chi connectivity index (χ4v) is 4.44. The van der Waals surface area contributed by atoms with Crippen molar-refractivity contribution in [1.29, 1.82) is 0 Å². The molecule has 0 saturated carbocycles. The summed E-state index contributed by atoms with van der Waals surface area (Å²) in [5, 5.41) is 4.24. The number of aromatic nitrogens is 2. The van der Waals surface area contributed by atoms with Crippen molar-refractivity contribution < 1.29 is 9.59 Å². The van der Waals surface area contributed by atoms with Crippen LogP contribution in [0.4, 0.5) is 0 Å². The average Bonchev–Trinajstić information content (AvgIpc) is 3.33. The standard InChI is InChI=1S/C21H26N4O2/c1-15(16-7-4-3-5-8-16)20(26)25-11-6-9-17-13-24(14-19(17)25)21(27)18-10-12-23(2)22-18/h3-5,7-8,10,12,15,17,19H,6,9,11,13-14H2,1-2H3/t15-,17-,19+/m0/s1. The molecule has 6 heteroatoms.